The second kappa shape index (κ2) is 7.26. The molecule has 88 valence electrons. The zero-order valence-electron chi connectivity index (χ0n) is 10.0. The van der Waals surface area contributed by atoms with E-state index in [1.807, 2.05) is 20.8 Å². The summed E-state index contributed by atoms with van der Waals surface area (Å²) in [5.41, 5.74) is 0. The zero-order chi connectivity index (χ0) is 11.8. The minimum absolute atomic E-state index is 0.0445. The number of unbranched alkanes of at least 4 members (excludes halogenated alkanes) is 1. The van der Waals surface area contributed by atoms with Crippen molar-refractivity contribution in [3.63, 3.8) is 0 Å². The molecule has 1 atom stereocenters. The van der Waals surface area contributed by atoms with Gasteiger partial charge in [0.05, 0.1) is 6.61 Å². The Hall–Kier alpha value is -1.06. The van der Waals surface area contributed by atoms with Gasteiger partial charge < -0.3 is 10.1 Å². The molecule has 15 heavy (non-hydrogen) atoms. The van der Waals surface area contributed by atoms with Crippen LogP contribution in [0.15, 0.2) is 0 Å². The van der Waals surface area contributed by atoms with Crippen molar-refractivity contribution in [3.8, 4) is 0 Å². The quantitative estimate of drug-likeness (QED) is 0.539. The predicted octanol–water partition coefficient (Wildman–Crippen LogP) is 1.49. The van der Waals surface area contributed by atoms with Gasteiger partial charge in [-0.3, -0.25) is 4.79 Å². The standard InChI is InChI=1S/C11H21NO3/c1-5-6-7-15-11(14)10(8(2)3)12-9(4)13/h8,10H,5-7H2,1-4H3,(H,12,13)/t10-/m1/s1. The third-order valence-corrected chi connectivity index (χ3v) is 2.02. The summed E-state index contributed by atoms with van der Waals surface area (Å²) in [6, 6.07) is -0.528. The van der Waals surface area contributed by atoms with E-state index in [0.717, 1.165) is 12.8 Å². The van der Waals surface area contributed by atoms with Gasteiger partial charge >= 0.3 is 5.97 Å². The third kappa shape index (κ3) is 6.10. The second-order valence-electron chi connectivity index (χ2n) is 3.94. The van der Waals surface area contributed by atoms with Crippen molar-refractivity contribution in [1.82, 2.24) is 5.32 Å². The van der Waals surface area contributed by atoms with Crippen molar-refractivity contribution in [2.45, 2.75) is 46.6 Å². The van der Waals surface area contributed by atoms with Crippen LogP contribution in [0.1, 0.15) is 40.5 Å². The van der Waals surface area contributed by atoms with E-state index < -0.39 is 6.04 Å². The van der Waals surface area contributed by atoms with E-state index in [2.05, 4.69) is 5.32 Å². The fourth-order valence-electron chi connectivity index (χ4n) is 1.12. The van der Waals surface area contributed by atoms with Gasteiger partial charge in [0.2, 0.25) is 5.91 Å². The molecule has 0 aliphatic rings. The van der Waals surface area contributed by atoms with Gasteiger partial charge in [0.15, 0.2) is 0 Å². The second-order valence-corrected chi connectivity index (χ2v) is 3.94. The van der Waals surface area contributed by atoms with E-state index in [-0.39, 0.29) is 17.8 Å². The Morgan fingerprint density at radius 2 is 1.93 bits per heavy atom. The first-order valence-electron chi connectivity index (χ1n) is 5.42. The Bertz CT molecular complexity index is 214. The molecule has 0 aromatic carbocycles. The lowest BCUT2D eigenvalue weighted by Gasteiger charge is -2.19. The number of carbonyl (C=O) groups excluding carboxylic acids is 2. The largest absolute Gasteiger partial charge is 0.464 e. The molecule has 4 nitrogen and oxygen atoms in total. The highest BCUT2D eigenvalue weighted by molar-refractivity contribution is 5.83. The summed E-state index contributed by atoms with van der Waals surface area (Å²) < 4.78 is 5.05. The minimum atomic E-state index is -0.528. The van der Waals surface area contributed by atoms with Gasteiger partial charge in [-0.2, -0.15) is 0 Å². The van der Waals surface area contributed by atoms with Crippen LogP contribution in [0.2, 0.25) is 0 Å². The van der Waals surface area contributed by atoms with Crippen molar-refractivity contribution in [1.29, 1.82) is 0 Å². The maximum atomic E-state index is 11.6. The summed E-state index contributed by atoms with van der Waals surface area (Å²) in [6.07, 6.45) is 1.84. The molecule has 0 spiro atoms. The fraction of sp³-hybridized carbons (Fsp3) is 0.818. The highest BCUT2D eigenvalue weighted by atomic mass is 16.5. The number of esters is 1. The molecule has 0 radical (unpaired) electrons. The van der Waals surface area contributed by atoms with Crippen LogP contribution in [0, 0.1) is 5.92 Å². The van der Waals surface area contributed by atoms with Crippen molar-refractivity contribution >= 4 is 11.9 Å². The molecule has 0 unspecified atom stereocenters. The molecule has 0 saturated carbocycles. The van der Waals surface area contributed by atoms with Crippen LogP contribution in [0.25, 0.3) is 0 Å². The van der Waals surface area contributed by atoms with Crippen LogP contribution in [0.5, 0.6) is 0 Å². The first-order valence-corrected chi connectivity index (χ1v) is 5.42. The number of hydrogen-bond donors (Lipinski definition) is 1. The van der Waals surface area contributed by atoms with Crippen LogP contribution in [-0.4, -0.2) is 24.5 Å². The summed E-state index contributed by atoms with van der Waals surface area (Å²) in [4.78, 5) is 22.4. The van der Waals surface area contributed by atoms with E-state index in [4.69, 9.17) is 4.74 Å². The lowest BCUT2D eigenvalue weighted by molar-refractivity contribution is -0.149. The Morgan fingerprint density at radius 3 is 2.33 bits per heavy atom. The van der Waals surface area contributed by atoms with Gasteiger partial charge in [0, 0.05) is 6.92 Å². The third-order valence-electron chi connectivity index (χ3n) is 2.02. The van der Waals surface area contributed by atoms with Gasteiger partial charge in [-0.05, 0) is 12.3 Å². The first-order chi connectivity index (χ1) is 6.99. The fourth-order valence-corrected chi connectivity index (χ4v) is 1.12. The highest BCUT2D eigenvalue weighted by Crippen LogP contribution is 2.04. The number of ether oxygens (including phenoxy) is 1. The number of amides is 1. The summed E-state index contributed by atoms with van der Waals surface area (Å²) in [5, 5.41) is 2.59. The van der Waals surface area contributed by atoms with Crippen LogP contribution in [-0.2, 0) is 14.3 Å². The molecule has 0 bridgehead atoms. The Kier molecular flexibility index (Phi) is 6.75. The molecule has 4 heteroatoms. The average Bonchev–Trinajstić information content (AvgIpc) is 2.13. The SMILES string of the molecule is CCCCOC(=O)[C@H](NC(C)=O)C(C)C. The number of rotatable bonds is 6. The highest BCUT2D eigenvalue weighted by Gasteiger charge is 2.24. The predicted molar refractivity (Wildman–Crippen MR) is 58.3 cm³/mol. The monoisotopic (exact) mass is 215 g/mol. The van der Waals surface area contributed by atoms with Crippen LogP contribution in [0.4, 0.5) is 0 Å². The number of nitrogens with one attached hydrogen (secondary N) is 1. The average molecular weight is 215 g/mol. The molecule has 0 aliphatic carbocycles. The van der Waals surface area contributed by atoms with E-state index in [1.54, 1.807) is 0 Å². The molecular weight excluding hydrogens is 194 g/mol. The molecule has 0 heterocycles. The van der Waals surface area contributed by atoms with Gasteiger partial charge in [-0.25, -0.2) is 4.79 Å². The van der Waals surface area contributed by atoms with Crippen molar-refractivity contribution in [2.75, 3.05) is 6.61 Å². The normalized spacial score (nSPS) is 12.3. The minimum Gasteiger partial charge on any atom is -0.464 e. The van der Waals surface area contributed by atoms with E-state index in [0.29, 0.717) is 6.61 Å². The van der Waals surface area contributed by atoms with E-state index in [1.165, 1.54) is 6.92 Å². The molecule has 0 aromatic heterocycles. The molecule has 0 rings (SSSR count). The lowest BCUT2D eigenvalue weighted by atomic mass is 10.0. The van der Waals surface area contributed by atoms with Gasteiger partial charge in [-0.15, -0.1) is 0 Å². The molecule has 0 aromatic rings. The van der Waals surface area contributed by atoms with Gasteiger partial charge in [-0.1, -0.05) is 27.2 Å². The molecular formula is C11H21NO3. The summed E-state index contributed by atoms with van der Waals surface area (Å²) in [6.45, 7) is 7.61. The van der Waals surface area contributed by atoms with Gasteiger partial charge in [0.25, 0.3) is 0 Å². The molecule has 1 N–H and O–H groups in total. The summed E-state index contributed by atoms with van der Waals surface area (Å²) in [5.74, 6) is -0.502. The van der Waals surface area contributed by atoms with Crippen molar-refractivity contribution in [3.05, 3.63) is 0 Å². The Morgan fingerprint density at radius 1 is 1.33 bits per heavy atom. The smallest absolute Gasteiger partial charge is 0.328 e. The Labute approximate surface area is 91.4 Å². The summed E-state index contributed by atoms with van der Waals surface area (Å²) >= 11 is 0. The van der Waals surface area contributed by atoms with Crippen molar-refractivity contribution < 1.29 is 14.3 Å². The van der Waals surface area contributed by atoms with E-state index in [9.17, 15) is 9.59 Å². The zero-order valence-corrected chi connectivity index (χ0v) is 10.0. The van der Waals surface area contributed by atoms with Crippen LogP contribution >= 0.6 is 0 Å². The lowest BCUT2D eigenvalue weighted by Crippen LogP contribution is -2.44. The number of hydrogen-bond acceptors (Lipinski definition) is 3. The van der Waals surface area contributed by atoms with E-state index >= 15 is 0 Å². The maximum absolute atomic E-state index is 11.6. The molecule has 0 fully saturated rings. The molecule has 0 saturated heterocycles. The van der Waals surface area contributed by atoms with Crippen LogP contribution in [0.3, 0.4) is 0 Å². The molecule has 1 amide bonds. The maximum Gasteiger partial charge on any atom is 0.328 e. The van der Waals surface area contributed by atoms with Gasteiger partial charge in [0.1, 0.15) is 6.04 Å². The Balaban J connectivity index is 4.11. The van der Waals surface area contributed by atoms with Crippen molar-refractivity contribution in [2.24, 2.45) is 5.92 Å². The topological polar surface area (TPSA) is 55.4 Å². The first kappa shape index (κ1) is 13.9. The molecule has 0 aliphatic heterocycles. The summed E-state index contributed by atoms with van der Waals surface area (Å²) in [7, 11) is 0. The number of carbonyl (C=O) groups is 2. The van der Waals surface area contributed by atoms with Crippen LogP contribution < -0.4 is 5.32 Å².